The first kappa shape index (κ1) is 15.1. The number of aryl methyl sites for hydroxylation is 2. The summed E-state index contributed by atoms with van der Waals surface area (Å²) >= 11 is 0. The highest BCUT2D eigenvalue weighted by Crippen LogP contribution is 2.19. The number of rotatable bonds is 5. The van der Waals surface area contributed by atoms with Gasteiger partial charge >= 0.3 is 0 Å². The maximum atomic E-state index is 12.3. The van der Waals surface area contributed by atoms with Gasteiger partial charge in [0.25, 0.3) is 5.91 Å². The molecule has 0 unspecified atom stereocenters. The molecule has 1 N–H and O–H groups in total. The first-order chi connectivity index (χ1) is 10.1. The van der Waals surface area contributed by atoms with Crippen molar-refractivity contribution < 1.29 is 9.53 Å². The van der Waals surface area contributed by atoms with E-state index in [1.165, 1.54) is 0 Å². The van der Waals surface area contributed by atoms with Crippen molar-refractivity contribution in [2.45, 2.75) is 33.3 Å². The maximum Gasteiger partial charge on any atom is 0.265 e. The largest absolute Gasteiger partial charge is 0.481 e. The third kappa shape index (κ3) is 3.85. The van der Waals surface area contributed by atoms with Crippen molar-refractivity contribution in [1.29, 1.82) is 0 Å². The predicted molar refractivity (Wildman–Crippen MR) is 85.7 cm³/mol. The van der Waals surface area contributed by atoms with Crippen molar-refractivity contribution in [2.24, 2.45) is 0 Å². The number of benzene rings is 2. The second-order valence-electron chi connectivity index (χ2n) is 5.03. The highest BCUT2D eigenvalue weighted by molar-refractivity contribution is 5.94. The molecule has 0 aromatic heterocycles. The molecule has 0 spiro atoms. The van der Waals surface area contributed by atoms with Crippen molar-refractivity contribution in [1.82, 2.24) is 0 Å². The van der Waals surface area contributed by atoms with Gasteiger partial charge in [0.05, 0.1) is 0 Å². The minimum atomic E-state index is -0.545. The van der Waals surface area contributed by atoms with Crippen LogP contribution < -0.4 is 10.1 Å². The van der Waals surface area contributed by atoms with Gasteiger partial charge in [-0.1, -0.05) is 43.3 Å². The molecular formula is C18H21NO2. The first-order valence-electron chi connectivity index (χ1n) is 7.23. The molecule has 0 radical (unpaired) electrons. The number of amides is 1. The normalized spacial score (nSPS) is 11.8. The van der Waals surface area contributed by atoms with Crippen LogP contribution in [0.15, 0.2) is 48.5 Å². The molecule has 21 heavy (non-hydrogen) atoms. The summed E-state index contributed by atoms with van der Waals surface area (Å²) in [5.74, 6) is 0.600. The van der Waals surface area contributed by atoms with Gasteiger partial charge in [-0.25, -0.2) is 0 Å². The van der Waals surface area contributed by atoms with Gasteiger partial charge in [0.2, 0.25) is 0 Å². The first-order valence-corrected chi connectivity index (χ1v) is 7.23. The van der Waals surface area contributed by atoms with Gasteiger partial charge in [0, 0.05) is 5.69 Å². The van der Waals surface area contributed by atoms with Crippen LogP contribution >= 0.6 is 0 Å². The summed E-state index contributed by atoms with van der Waals surface area (Å²) in [6, 6.07) is 15.5. The van der Waals surface area contributed by atoms with E-state index in [2.05, 4.69) is 12.2 Å². The fourth-order valence-corrected chi connectivity index (χ4v) is 2.12. The van der Waals surface area contributed by atoms with E-state index >= 15 is 0 Å². The van der Waals surface area contributed by atoms with E-state index in [9.17, 15) is 4.79 Å². The summed E-state index contributed by atoms with van der Waals surface area (Å²) in [6.07, 6.45) is 0.333. The topological polar surface area (TPSA) is 38.3 Å². The quantitative estimate of drug-likeness (QED) is 0.902. The monoisotopic (exact) mass is 283 g/mol. The number of hydrogen-bond donors (Lipinski definition) is 1. The van der Waals surface area contributed by atoms with Crippen molar-refractivity contribution in [2.75, 3.05) is 5.32 Å². The molecule has 0 aliphatic rings. The Morgan fingerprint density at radius 1 is 1.14 bits per heavy atom. The Labute approximate surface area is 126 Å². The SMILES string of the molecule is CCc1ccccc1NC(=O)[C@H](C)Oc1ccccc1C. The van der Waals surface area contributed by atoms with E-state index in [0.29, 0.717) is 0 Å². The summed E-state index contributed by atoms with van der Waals surface area (Å²) in [4.78, 5) is 12.3. The van der Waals surface area contributed by atoms with Gasteiger partial charge in [0.15, 0.2) is 6.10 Å². The number of anilines is 1. The average Bonchev–Trinajstić information content (AvgIpc) is 2.50. The number of para-hydroxylation sites is 2. The van der Waals surface area contributed by atoms with Crippen LogP contribution in [0.1, 0.15) is 25.0 Å². The van der Waals surface area contributed by atoms with E-state index in [1.807, 2.05) is 55.5 Å². The van der Waals surface area contributed by atoms with E-state index in [0.717, 1.165) is 29.0 Å². The molecule has 110 valence electrons. The Balaban J connectivity index is 2.05. The third-order valence-corrected chi connectivity index (χ3v) is 3.42. The molecule has 1 amide bonds. The van der Waals surface area contributed by atoms with Crippen molar-refractivity contribution in [3.63, 3.8) is 0 Å². The molecule has 0 saturated heterocycles. The zero-order chi connectivity index (χ0) is 15.2. The highest BCUT2D eigenvalue weighted by Gasteiger charge is 2.16. The van der Waals surface area contributed by atoms with Crippen LogP contribution in [0.25, 0.3) is 0 Å². The lowest BCUT2D eigenvalue weighted by molar-refractivity contribution is -0.122. The molecule has 0 heterocycles. The molecule has 3 nitrogen and oxygen atoms in total. The Bertz CT molecular complexity index is 622. The Morgan fingerprint density at radius 2 is 1.81 bits per heavy atom. The second kappa shape index (κ2) is 6.93. The fourth-order valence-electron chi connectivity index (χ4n) is 2.12. The molecule has 2 aromatic carbocycles. The summed E-state index contributed by atoms with van der Waals surface area (Å²) in [5, 5.41) is 2.94. The Hall–Kier alpha value is -2.29. The zero-order valence-corrected chi connectivity index (χ0v) is 12.7. The van der Waals surface area contributed by atoms with Crippen LogP contribution in [-0.4, -0.2) is 12.0 Å². The molecule has 0 aliphatic carbocycles. The van der Waals surface area contributed by atoms with Crippen LogP contribution in [0.3, 0.4) is 0 Å². The summed E-state index contributed by atoms with van der Waals surface area (Å²) in [5.41, 5.74) is 2.99. The number of carbonyl (C=O) groups excluding carboxylic acids is 1. The van der Waals surface area contributed by atoms with E-state index in [-0.39, 0.29) is 5.91 Å². The van der Waals surface area contributed by atoms with Crippen LogP contribution in [0.4, 0.5) is 5.69 Å². The molecule has 0 saturated carbocycles. The molecular weight excluding hydrogens is 262 g/mol. The molecule has 0 aliphatic heterocycles. The van der Waals surface area contributed by atoms with Gasteiger partial charge in [0.1, 0.15) is 5.75 Å². The second-order valence-corrected chi connectivity index (χ2v) is 5.03. The van der Waals surface area contributed by atoms with Gasteiger partial charge < -0.3 is 10.1 Å². The Kier molecular flexibility index (Phi) is 4.99. The summed E-state index contributed by atoms with van der Waals surface area (Å²) in [7, 11) is 0. The number of hydrogen-bond acceptors (Lipinski definition) is 2. The van der Waals surface area contributed by atoms with E-state index in [4.69, 9.17) is 4.74 Å². The molecule has 1 atom stereocenters. The van der Waals surface area contributed by atoms with Crippen molar-refractivity contribution in [3.8, 4) is 5.75 Å². The van der Waals surface area contributed by atoms with Crippen molar-refractivity contribution >= 4 is 11.6 Å². The molecule has 2 rings (SSSR count). The number of carbonyl (C=O) groups is 1. The third-order valence-electron chi connectivity index (χ3n) is 3.42. The fraction of sp³-hybridized carbons (Fsp3) is 0.278. The lowest BCUT2D eigenvalue weighted by atomic mass is 10.1. The van der Waals surface area contributed by atoms with E-state index < -0.39 is 6.10 Å². The van der Waals surface area contributed by atoms with Crippen LogP contribution in [0, 0.1) is 6.92 Å². The predicted octanol–water partition coefficient (Wildman–Crippen LogP) is 3.96. The highest BCUT2D eigenvalue weighted by atomic mass is 16.5. The molecule has 0 fully saturated rings. The number of nitrogens with one attached hydrogen (secondary N) is 1. The maximum absolute atomic E-state index is 12.3. The van der Waals surface area contributed by atoms with Crippen molar-refractivity contribution in [3.05, 3.63) is 59.7 Å². The lowest BCUT2D eigenvalue weighted by Gasteiger charge is -2.17. The van der Waals surface area contributed by atoms with Crippen LogP contribution in [0.5, 0.6) is 5.75 Å². The zero-order valence-electron chi connectivity index (χ0n) is 12.7. The lowest BCUT2D eigenvalue weighted by Crippen LogP contribution is -2.30. The van der Waals surface area contributed by atoms with Crippen LogP contribution in [-0.2, 0) is 11.2 Å². The average molecular weight is 283 g/mol. The van der Waals surface area contributed by atoms with Gasteiger partial charge in [-0.15, -0.1) is 0 Å². The molecule has 2 aromatic rings. The van der Waals surface area contributed by atoms with Crippen LogP contribution in [0.2, 0.25) is 0 Å². The Morgan fingerprint density at radius 3 is 2.52 bits per heavy atom. The smallest absolute Gasteiger partial charge is 0.265 e. The van der Waals surface area contributed by atoms with Gasteiger partial charge in [-0.2, -0.15) is 0 Å². The van der Waals surface area contributed by atoms with Gasteiger partial charge in [-0.3, -0.25) is 4.79 Å². The minimum absolute atomic E-state index is 0.140. The number of ether oxygens (including phenoxy) is 1. The standard InChI is InChI=1S/C18H21NO2/c1-4-15-10-6-7-11-16(15)19-18(20)14(3)21-17-12-8-5-9-13(17)2/h5-12,14H,4H2,1-3H3,(H,19,20)/t14-/m0/s1. The van der Waals surface area contributed by atoms with E-state index in [1.54, 1.807) is 6.92 Å². The minimum Gasteiger partial charge on any atom is -0.481 e. The molecule has 3 heteroatoms. The molecule has 0 bridgehead atoms. The van der Waals surface area contributed by atoms with Gasteiger partial charge in [-0.05, 0) is 43.5 Å². The summed E-state index contributed by atoms with van der Waals surface area (Å²) in [6.45, 7) is 5.79. The summed E-state index contributed by atoms with van der Waals surface area (Å²) < 4.78 is 5.74.